The van der Waals surface area contributed by atoms with Crippen LogP contribution < -0.4 is 5.32 Å². The molecular weight excluding hydrogens is 330 g/mol. The van der Waals surface area contributed by atoms with Crippen molar-refractivity contribution >= 4 is 6.03 Å². The molecule has 2 saturated heterocycles. The lowest BCUT2D eigenvalue weighted by Gasteiger charge is -2.37. The number of likely N-dealkylation sites (tertiary alicyclic amines) is 1. The van der Waals surface area contributed by atoms with Crippen LogP contribution in [0.5, 0.6) is 0 Å². The van der Waals surface area contributed by atoms with Gasteiger partial charge in [-0.2, -0.15) is 0 Å². The minimum absolute atomic E-state index is 0.0139. The molecule has 2 fully saturated rings. The van der Waals surface area contributed by atoms with Gasteiger partial charge < -0.3 is 19.7 Å². The monoisotopic (exact) mass is 361 g/mol. The standard InChI is InChI=1S/C20H31N3O3/c1-15-9-18(12-22(15)11-17-7-5-4-6-8-17)21-20(24)23-10-16(2)26-19(13-23)14-25-3/h4-8,15-16,18-19H,9-14H2,1-3H3,(H,21,24). The van der Waals surface area contributed by atoms with Gasteiger partial charge in [0.1, 0.15) is 0 Å². The van der Waals surface area contributed by atoms with Crippen molar-refractivity contribution in [2.45, 2.75) is 51.1 Å². The average molecular weight is 361 g/mol. The zero-order valence-corrected chi connectivity index (χ0v) is 16.1. The normalized spacial score (nSPS) is 29.7. The van der Waals surface area contributed by atoms with E-state index in [-0.39, 0.29) is 24.3 Å². The zero-order chi connectivity index (χ0) is 18.5. The first-order chi connectivity index (χ1) is 12.5. The summed E-state index contributed by atoms with van der Waals surface area (Å²) in [4.78, 5) is 17.0. The minimum atomic E-state index is -0.0495. The van der Waals surface area contributed by atoms with Gasteiger partial charge in [-0.15, -0.1) is 0 Å². The summed E-state index contributed by atoms with van der Waals surface area (Å²) in [6.45, 7) is 7.78. The number of hydrogen-bond acceptors (Lipinski definition) is 4. The quantitative estimate of drug-likeness (QED) is 0.873. The molecule has 26 heavy (non-hydrogen) atoms. The highest BCUT2D eigenvalue weighted by Crippen LogP contribution is 2.21. The number of nitrogens with zero attached hydrogens (tertiary/aromatic N) is 2. The summed E-state index contributed by atoms with van der Waals surface area (Å²) >= 11 is 0. The Morgan fingerprint density at radius 2 is 2.00 bits per heavy atom. The third-order valence-electron chi connectivity index (χ3n) is 5.23. The molecule has 2 aliphatic rings. The van der Waals surface area contributed by atoms with Crippen LogP contribution in [0.4, 0.5) is 4.79 Å². The topological polar surface area (TPSA) is 54.0 Å². The Balaban J connectivity index is 1.51. The van der Waals surface area contributed by atoms with Crippen molar-refractivity contribution in [2.75, 3.05) is 33.4 Å². The van der Waals surface area contributed by atoms with E-state index >= 15 is 0 Å². The molecule has 3 rings (SSSR count). The molecule has 1 aromatic rings. The lowest BCUT2D eigenvalue weighted by molar-refractivity contribution is -0.0898. The molecule has 4 unspecified atom stereocenters. The molecule has 144 valence electrons. The number of carbonyl (C=O) groups is 1. The first-order valence-corrected chi connectivity index (χ1v) is 9.53. The largest absolute Gasteiger partial charge is 0.382 e. The maximum Gasteiger partial charge on any atom is 0.317 e. The highest BCUT2D eigenvalue weighted by Gasteiger charge is 2.33. The second-order valence-electron chi connectivity index (χ2n) is 7.58. The molecule has 6 heteroatoms. The van der Waals surface area contributed by atoms with Gasteiger partial charge in [-0.25, -0.2) is 4.79 Å². The molecule has 4 atom stereocenters. The molecule has 6 nitrogen and oxygen atoms in total. The van der Waals surface area contributed by atoms with E-state index in [2.05, 4.69) is 41.4 Å². The molecule has 0 radical (unpaired) electrons. The highest BCUT2D eigenvalue weighted by atomic mass is 16.5. The van der Waals surface area contributed by atoms with E-state index in [1.165, 1.54) is 5.56 Å². The van der Waals surface area contributed by atoms with Crippen molar-refractivity contribution < 1.29 is 14.3 Å². The molecule has 0 saturated carbocycles. The maximum atomic E-state index is 12.7. The smallest absolute Gasteiger partial charge is 0.317 e. The van der Waals surface area contributed by atoms with Crippen molar-refractivity contribution in [3.8, 4) is 0 Å². The number of hydrogen-bond donors (Lipinski definition) is 1. The SMILES string of the molecule is COCC1CN(C(=O)NC2CC(C)N(Cc3ccccc3)C2)CC(C)O1. The first-order valence-electron chi connectivity index (χ1n) is 9.53. The first kappa shape index (κ1) is 19.1. The van der Waals surface area contributed by atoms with Gasteiger partial charge in [0.05, 0.1) is 25.4 Å². The van der Waals surface area contributed by atoms with E-state index in [1.54, 1.807) is 7.11 Å². The van der Waals surface area contributed by atoms with Gasteiger partial charge in [-0.3, -0.25) is 4.90 Å². The summed E-state index contributed by atoms with van der Waals surface area (Å²) in [7, 11) is 1.66. The molecule has 1 N–H and O–H groups in total. The Labute approximate surface area is 156 Å². The van der Waals surface area contributed by atoms with Crippen molar-refractivity contribution in [1.29, 1.82) is 0 Å². The number of nitrogens with one attached hydrogen (secondary N) is 1. The van der Waals surface area contributed by atoms with Crippen molar-refractivity contribution in [2.24, 2.45) is 0 Å². The predicted octanol–water partition coefficient (Wildman–Crippen LogP) is 2.09. The highest BCUT2D eigenvalue weighted by molar-refractivity contribution is 5.74. The summed E-state index contributed by atoms with van der Waals surface area (Å²) in [5.41, 5.74) is 1.32. The molecule has 1 aromatic carbocycles. The Hall–Kier alpha value is -1.63. The van der Waals surface area contributed by atoms with Gasteiger partial charge in [0.25, 0.3) is 0 Å². The molecule has 2 aliphatic heterocycles. The molecule has 0 bridgehead atoms. The van der Waals surface area contributed by atoms with Gasteiger partial charge in [-0.1, -0.05) is 30.3 Å². The van der Waals surface area contributed by atoms with Gasteiger partial charge >= 0.3 is 6.03 Å². The van der Waals surface area contributed by atoms with Crippen LogP contribution in [0.3, 0.4) is 0 Å². The fraction of sp³-hybridized carbons (Fsp3) is 0.650. The molecule has 2 amide bonds. The van der Waals surface area contributed by atoms with Crippen LogP contribution in [0, 0.1) is 0 Å². The van der Waals surface area contributed by atoms with Gasteiger partial charge in [0, 0.05) is 38.8 Å². The third-order valence-corrected chi connectivity index (χ3v) is 5.23. The van der Waals surface area contributed by atoms with Crippen molar-refractivity contribution in [1.82, 2.24) is 15.1 Å². The number of rotatable bonds is 5. The van der Waals surface area contributed by atoms with Crippen LogP contribution in [-0.4, -0.2) is 73.5 Å². The van der Waals surface area contributed by atoms with Gasteiger partial charge in [0.2, 0.25) is 0 Å². The van der Waals surface area contributed by atoms with Crippen molar-refractivity contribution in [3.05, 3.63) is 35.9 Å². The zero-order valence-electron chi connectivity index (χ0n) is 16.1. The predicted molar refractivity (Wildman–Crippen MR) is 101 cm³/mol. The fourth-order valence-electron chi connectivity index (χ4n) is 4.00. The Kier molecular flexibility index (Phi) is 6.51. The summed E-state index contributed by atoms with van der Waals surface area (Å²) in [5, 5.41) is 3.23. The van der Waals surface area contributed by atoms with E-state index in [9.17, 15) is 4.79 Å². The lowest BCUT2D eigenvalue weighted by Crippen LogP contribution is -2.55. The van der Waals surface area contributed by atoms with Crippen LogP contribution in [-0.2, 0) is 16.0 Å². The number of benzene rings is 1. The third kappa shape index (κ3) is 4.96. The summed E-state index contributed by atoms with van der Waals surface area (Å²) in [6.07, 6.45) is 0.971. The van der Waals surface area contributed by atoms with E-state index in [1.807, 2.05) is 17.9 Å². The number of ether oxygens (including phenoxy) is 2. The number of carbonyl (C=O) groups excluding carboxylic acids is 1. The van der Waals surface area contributed by atoms with E-state index in [0.29, 0.717) is 25.7 Å². The average Bonchev–Trinajstić information content (AvgIpc) is 2.94. The van der Waals surface area contributed by atoms with E-state index in [0.717, 1.165) is 19.5 Å². The van der Waals surface area contributed by atoms with Crippen molar-refractivity contribution in [3.63, 3.8) is 0 Å². The van der Waals surface area contributed by atoms with E-state index < -0.39 is 0 Å². The molecule has 2 heterocycles. The molecular formula is C20H31N3O3. The number of methoxy groups -OCH3 is 1. The Morgan fingerprint density at radius 1 is 1.23 bits per heavy atom. The van der Waals surface area contributed by atoms with Crippen LogP contribution >= 0.6 is 0 Å². The van der Waals surface area contributed by atoms with Gasteiger partial charge in [-0.05, 0) is 25.8 Å². The molecule has 0 spiro atoms. The molecule has 0 aliphatic carbocycles. The Morgan fingerprint density at radius 3 is 2.73 bits per heavy atom. The van der Waals surface area contributed by atoms with Crippen LogP contribution in [0.2, 0.25) is 0 Å². The van der Waals surface area contributed by atoms with E-state index in [4.69, 9.17) is 9.47 Å². The van der Waals surface area contributed by atoms with Crippen LogP contribution in [0.1, 0.15) is 25.8 Å². The molecule has 0 aromatic heterocycles. The minimum Gasteiger partial charge on any atom is -0.382 e. The Bertz CT molecular complexity index is 583. The second kappa shape index (κ2) is 8.84. The summed E-state index contributed by atoms with van der Waals surface area (Å²) in [5.74, 6) is 0. The van der Waals surface area contributed by atoms with Crippen LogP contribution in [0.25, 0.3) is 0 Å². The number of urea groups is 1. The number of morpholine rings is 1. The van der Waals surface area contributed by atoms with Gasteiger partial charge in [0.15, 0.2) is 0 Å². The summed E-state index contributed by atoms with van der Waals surface area (Å²) < 4.78 is 11.0. The fourth-order valence-corrected chi connectivity index (χ4v) is 4.00. The number of amides is 2. The second-order valence-corrected chi connectivity index (χ2v) is 7.58. The summed E-state index contributed by atoms with van der Waals surface area (Å²) in [6, 6.07) is 11.2. The lowest BCUT2D eigenvalue weighted by atomic mass is 10.2. The van der Waals surface area contributed by atoms with Crippen LogP contribution in [0.15, 0.2) is 30.3 Å². The maximum absolute atomic E-state index is 12.7.